The SMILES string of the molecule is CCN(C(=O)CCSCCC(F)(F)F)c1sc(-c2ccc[n+]([O-])c2)nc1C. The first-order valence-corrected chi connectivity index (χ1v) is 10.3. The lowest BCUT2D eigenvalue weighted by Gasteiger charge is -2.19. The van der Waals surface area contributed by atoms with Gasteiger partial charge in [-0.3, -0.25) is 4.79 Å². The van der Waals surface area contributed by atoms with Crippen molar-refractivity contribution in [3.05, 3.63) is 35.4 Å². The third kappa shape index (κ3) is 6.39. The summed E-state index contributed by atoms with van der Waals surface area (Å²) < 4.78 is 37.1. The number of thioether (sulfide) groups is 1. The molecule has 2 aromatic rings. The molecular formula is C17H20F3N3O2S2. The fraction of sp³-hybridized carbons (Fsp3) is 0.471. The van der Waals surface area contributed by atoms with Crippen LogP contribution in [0, 0.1) is 12.1 Å². The molecule has 0 aliphatic rings. The Hall–Kier alpha value is -1.81. The van der Waals surface area contributed by atoms with Crippen molar-refractivity contribution in [3.8, 4) is 10.6 Å². The van der Waals surface area contributed by atoms with Crippen LogP contribution < -0.4 is 9.63 Å². The van der Waals surface area contributed by atoms with E-state index in [0.717, 1.165) is 11.8 Å². The molecule has 0 spiro atoms. The lowest BCUT2D eigenvalue weighted by atomic mass is 10.3. The minimum Gasteiger partial charge on any atom is -0.619 e. The second kappa shape index (κ2) is 9.41. The summed E-state index contributed by atoms with van der Waals surface area (Å²) >= 11 is 2.44. The van der Waals surface area contributed by atoms with Gasteiger partial charge in [-0.25, -0.2) is 4.98 Å². The second-order valence-electron chi connectivity index (χ2n) is 5.73. The smallest absolute Gasteiger partial charge is 0.389 e. The maximum absolute atomic E-state index is 12.5. The molecule has 2 rings (SSSR count). The molecule has 0 saturated carbocycles. The molecule has 27 heavy (non-hydrogen) atoms. The minimum absolute atomic E-state index is 0.0458. The standard InChI is InChI=1S/C17H20F3N3O2S2/c1-3-23(14(24)6-9-26-10-7-17(18,19)20)16-12(2)21-15(27-16)13-5-4-8-22(25)11-13/h4-5,8,11H,3,6-7,9-10H2,1-2H3. The zero-order valence-corrected chi connectivity index (χ0v) is 16.6. The van der Waals surface area contributed by atoms with Gasteiger partial charge in [0.05, 0.1) is 17.7 Å². The van der Waals surface area contributed by atoms with Crippen molar-refractivity contribution >= 4 is 34.0 Å². The monoisotopic (exact) mass is 419 g/mol. The summed E-state index contributed by atoms with van der Waals surface area (Å²) in [5.41, 5.74) is 1.34. The lowest BCUT2D eigenvalue weighted by molar-refractivity contribution is -0.604. The van der Waals surface area contributed by atoms with Crippen LogP contribution in [0.15, 0.2) is 24.5 Å². The highest BCUT2D eigenvalue weighted by atomic mass is 32.2. The van der Waals surface area contributed by atoms with E-state index in [1.807, 2.05) is 6.92 Å². The second-order valence-corrected chi connectivity index (χ2v) is 7.93. The molecule has 0 bridgehead atoms. The van der Waals surface area contributed by atoms with E-state index in [0.29, 0.717) is 38.3 Å². The number of thiazole rings is 1. The van der Waals surface area contributed by atoms with E-state index in [1.165, 1.54) is 23.7 Å². The van der Waals surface area contributed by atoms with Gasteiger partial charge >= 0.3 is 6.18 Å². The van der Waals surface area contributed by atoms with Crippen LogP contribution in [0.1, 0.15) is 25.5 Å². The van der Waals surface area contributed by atoms with E-state index in [2.05, 4.69) is 4.98 Å². The first kappa shape index (κ1) is 21.5. The number of aromatic nitrogens is 2. The Bertz CT molecular complexity index is 781. The van der Waals surface area contributed by atoms with Gasteiger partial charge in [0.1, 0.15) is 10.0 Å². The molecule has 0 aliphatic heterocycles. The quantitative estimate of drug-likeness (QED) is 0.366. The van der Waals surface area contributed by atoms with E-state index in [-0.39, 0.29) is 18.1 Å². The predicted octanol–water partition coefficient (Wildman–Crippen LogP) is 4.18. The predicted molar refractivity (Wildman–Crippen MR) is 102 cm³/mol. The van der Waals surface area contributed by atoms with E-state index in [9.17, 15) is 23.2 Å². The van der Waals surface area contributed by atoms with Gasteiger partial charge in [-0.05, 0) is 19.9 Å². The van der Waals surface area contributed by atoms with Gasteiger partial charge in [0.25, 0.3) is 0 Å². The highest BCUT2D eigenvalue weighted by Crippen LogP contribution is 2.34. The van der Waals surface area contributed by atoms with E-state index >= 15 is 0 Å². The Kier molecular flexibility index (Phi) is 7.49. The van der Waals surface area contributed by atoms with Crippen LogP contribution in [0.3, 0.4) is 0 Å². The Morgan fingerprint density at radius 2 is 2.15 bits per heavy atom. The van der Waals surface area contributed by atoms with Crippen molar-refractivity contribution in [1.82, 2.24) is 4.98 Å². The molecule has 2 aromatic heterocycles. The number of anilines is 1. The Morgan fingerprint density at radius 3 is 2.78 bits per heavy atom. The highest BCUT2D eigenvalue weighted by Gasteiger charge is 2.26. The van der Waals surface area contributed by atoms with E-state index < -0.39 is 12.6 Å². The average molecular weight is 419 g/mol. The highest BCUT2D eigenvalue weighted by molar-refractivity contribution is 7.99. The topological polar surface area (TPSA) is 60.1 Å². The Balaban J connectivity index is 2.01. The van der Waals surface area contributed by atoms with Gasteiger partial charge < -0.3 is 10.1 Å². The molecule has 148 valence electrons. The molecule has 0 aromatic carbocycles. The Labute approximate surface area is 163 Å². The summed E-state index contributed by atoms with van der Waals surface area (Å²) in [5, 5.41) is 12.8. The molecular weight excluding hydrogens is 399 g/mol. The number of pyridine rings is 1. The number of carbonyl (C=O) groups is 1. The molecule has 0 atom stereocenters. The van der Waals surface area contributed by atoms with Gasteiger partial charge in [0.2, 0.25) is 5.91 Å². The molecule has 5 nitrogen and oxygen atoms in total. The molecule has 10 heteroatoms. The third-order valence-electron chi connectivity index (χ3n) is 3.65. The van der Waals surface area contributed by atoms with E-state index in [1.54, 1.807) is 24.0 Å². The first-order valence-electron chi connectivity index (χ1n) is 8.32. The van der Waals surface area contributed by atoms with Crippen molar-refractivity contribution < 1.29 is 22.7 Å². The van der Waals surface area contributed by atoms with Crippen molar-refractivity contribution in [3.63, 3.8) is 0 Å². The molecule has 1 amide bonds. The fourth-order valence-electron chi connectivity index (χ4n) is 2.36. The van der Waals surface area contributed by atoms with Gasteiger partial charge in [0, 0.05) is 30.5 Å². The molecule has 2 heterocycles. The van der Waals surface area contributed by atoms with Crippen LogP contribution in [0.25, 0.3) is 10.6 Å². The summed E-state index contributed by atoms with van der Waals surface area (Å²) in [6.07, 6.45) is -2.06. The van der Waals surface area contributed by atoms with Gasteiger partial charge in [0.15, 0.2) is 12.4 Å². The summed E-state index contributed by atoms with van der Waals surface area (Å²) in [6.45, 7) is 4.06. The largest absolute Gasteiger partial charge is 0.619 e. The molecule has 0 aliphatic carbocycles. The molecule has 0 saturated heterocycles. The van der Waals surface area contributed by atoms with Gasteiger partial charge in [-0.2, -0.15) is 29.7 Å². The summed E-state index contributed by atoms with van der Waals surface area (Å²) in [6, 6.07) is 3.39. The number of hydrogen-bond acceptors (Lipinski definition) is 5. The van der Waals surface area contributed by atoms with Crippen LogP contribution >= 0.6 is 23.1 Å². The number of rotatable bonds is 8. The molecule has 0 unspecified atom stereocenters. The molecule has 0 fully saturated rings. The Morgan fingerprint density at radius 1 is 1.41 bits per heavy atom. The normalized spacial score (nSPS) is 11.6. The molecule has 0 N–H and O–H groups in total. The van der Waals surface area contributed by atoms with Gasteiger partial charge in [-0.1, -0.05) is 11.3 Å². The maximum atomic E-state index is 12.5. The molecule has 0 radical (unpaired) electrons. The first-order chi connectivity index (χ1) is 12.7. The summed E-state index contributed by atoms with van der Waals surface area (Å²) in [5.74, 6) is 0.142. The summed E-state index contributed by atoms with van der Waals surface area (Å²) in [4.78, 5) is 18.5. The van der Waals surface area contributed by atoms with Crippen LogP contribution in [0.4, 0.5) is 18.2 Å². The number of hydrogen-bond donors (Lipinski definition) is 0. The maximum Gasteiger partial charge on any atom is 0.389 e. The summed E-state index contributed by atoms with van der Waals surface area (Å²) in [7, 11) is 0. The van der Waals surface area contributed by atoms with Crippen molar-refractivity contribution in [2.45, 2.75) is 32.9 Å². The number of nitrogens with zero attached hydrogens (tertiary/aromatic N) is 3. The third-order valence-corrected chi connectivity index (χ3v) is 5.86. The number of amides is 1. The number of aryl methyl sites for hydroxylation is 1. The van der Waals surface area contributed by atoms with Gasteiger partial charge in [-0.15, -0.1) is 0 Å². The fourth-order valence-corrected chi connectivity index (χ4v) is 4.40. The van der Waals surface area contributed by atoms with Crippen LogP contribution in [-0.2, 0) is 4.79 Å². The van der Waals surface area contributed by atoms with E-state index in [4.69, 9.17) is 0 Å². The van der Waals surface area contributed by atoms with Crippen molar-refractivity contribution in [2.75, 3.05) is 23.0 Å². The zero-order valence-electron chi connectivity index (χ0n) is 15.0. The lowest BCUT2D eigenvalue weighted by Crippen LogP contribution is -2.30. The minimum atomic E-state index is -4.16. The van der Waals surface area contributed by atoms with Crippen molar-refractivity contribution in [2.24, 2.45) is 0 Å². The zero-order chi connectivity index (χ0) is 20.0. The van der Waals surface area contributed by atoms with Crippen LogP contribution in [-0.4, -0.2) is 35.1 Å². The van der Waals surface area contributed by atoms with Crippen molar-refractivity contribution in [1.29, 1.82) is 0 Å². The van der Waals surface area contributed by atoms with Crippen LogP contribution in [0.5, 0.6) is 0 Å². The number of carbonyl (C=O) groups excluding carboxylic acids is 1. The van der Waals surface area contributed by atoms with Crippen LogP contribution in [0.2, 0.25) is 0 Å². The average Bonchev–Trinajstić information content (AvgIpc) is 2.96. The number of halogens is 3. The number of alkyl halides is 3.